The molecule has 0 atom stereocenters. The Morgan fingerprint density at radius 2 is 1.82 bits per heavy atom. The summed E-state index contributed by atoms with van der Waals surface area (Å²) < 4.78 is 26.2. The quantitative estimate of drug-likeness (QED) is 0.544. The van der Waals surface area contributed by atoms with E-state index in [1.54, 1.807) is 36.3 Å². The van der Waals surface area contributed by atoms with Gasteiger partial charge in [-0.15, -0.1) is 0 Å². The van der Waals surface area contributed by atoms with Crippen LogP contribution in [0, 0.1) is 10.1 Å². The molecule has 1 fully saturated rings. The molecule has 3 rings (SSSR count). The van der Waals surface area contributed by atoms with Crippen molar-refractivity contribution in [2.24, 2.45) is 0 Å². The van der Waals surface area contributed by atoms with Crippen LogP contribution in [0.5, 0.6) is 0 Å². The molecule has 1 aliphatic heterocycles. The van der Waals surface area contributed by atoms with Crippen molar-refractivity contribution in [1.29, 1.82) is 0 Å². The van der Waals surface area contributed by atoms with Gasteiger partial charge in [0.2, 0.25) is 10.0 Å². The maximum Gasteiger partial charge on any atom is 0.274 e. The van der Waals surface area contributed by atoms with Crippen LogP contribution in [0.1, 0.15) is 23.3 Å². The van der Waals surface area contributed by atoms with Crippen molar-refractivity contribution in [3.05, 3.63) is 52.3 Å². The Morgan fingerprint density at radius 3 is 2.36 bits per heavy atom. The number of hydrogen-bond donors (Lipinski definition) is 0. The number of nitro benzene ring substituents is 1. The SMILES string of the molecule is CN(C1CCN(C(=O)c2ccn(-c3ccc([N+](=O)[O-])cc3)n2)CC1)S(C)(=O)=O. The number of sulfonamides is 1. The number of aromatic nitrogens is 2. The molecule has 1 amide bonds. The van der Waals surface area contributed by atoms with Gasteiger partial charge in [-0.2, -0.15) is 5.10 Å². The minimum Gasteiger partial charge on any atom is -0.337 e. The number of hydrogen-bond acceptors (Lipinski definition) is 6. The molecule has 1 aliphatic rings. The highest BCUT2D eigenvalue weighted by Crippen LogP contribution is 2.20. The van der Waals surface area contributed by atoms with E-state index < -0.39 is 14.9 Å². The van der Waals surface area contributed by atoms with Gasteiger partial charge in [0, 0.05) is 44.5 Å². The minimum absolute atomic E-state index is 0.0193. The molecule has 0 N–H and O–H groups in total. The smallest absolute Gasteiger partial charge is 0.274 e. The topological polar surface area (TPSA) is 119 Å². The monoisotopic (exact) mass is 407 g/mol. The van der Waals surface area contributed by atoms with E-state index >= 15 is 0 Å². The second kappa shape index (κ2) is 7.68. The zero-order chi connectivity index (χ0) is 20.5. The Balaban J connectivity index is 1.66. The lowest BCUT2D eigenvalue weighted by molar-refractivity contribution is -0.384. The number of piperidine rings is 1. The Kier molecular flexibility index (Phi) is 5.47. The largest absolute Gasteiger partial charge is 0.337 e. The number of benzene rings is 1. The van der Waals surface area contributed by atoms with E-state index in [1.807, 2.05) is 0 Å². The molecule has 28 heavy (non-hydrogen) atoms. The number of non-ortho nitro benzene ring substituents is 1. The fourth-order valence-corrected chi connectivity index (χ4v) is 3.93. The van der Waals surface area contributed by atoms with Crippen molar-refractivity contribution in [2.75, 3.05) is 26.4 Å². The number of carbonyl (C=O) groups excluding carboxylic acids is 1. The van der Waals surface area contributed by atoms with Gasteiger partial charge in [-0.05, 0) is 31.0 Å². The van der Waals surface area contributed by atoms with E-state index in [1.165, 1.54) is 27.4 Å². The number of nitro groups is 1. The van der Waals surface area contributed by atoms with E-state index in [9.17, 15) is 23.3 Å². The maximum atomic E-state index is 12.7. The average molecular weight is 407 g/mol. The van der Waals surface area contributed by atoms with Crippen LogP contribution in [0.2, 0.25) is 0 Å². The first-order valence-electron chi connectivity index (χ1n) is 8.69. The van der Waals surface area contributed by atoms with E-state index in [0.29, 0.717) is 31.6 Å². The van der Waals surface area contributed by atoms with Crippen molar-refractivity contribution in [3.63, 3.8) is 0 Å². The van der Waals surface area contributed by atoms with Crippen LogP contribution in [-0.2, 0) is 10.0 Å². The van der Waals surface area contributed by atoms with Crippen molar-refractivity contribution in [1.82, 2.24) is 19.0 Å². The molecule has 0 radical (unpaired) electrons. The fourth-order valence-electron chi connectivity index (χ4n) is 3.17. The summed E-state index contributed by atoms with van der Waals surface area (Å²) >= 11 is 0. The van der Waals surface area contributed by atoms with E-state index in [0.717, 1.165) is 0 Å². The summed E-state index contributed by atoms with van der Waals surface area (Å²) in [6.07, 6.45) is 3.94. The summed E-state index contributed by atoms with van der Waals surface area (Å²) in [5, 5.41) is 15.0. The fraction of sp³-hybridized carbons (Fsp3) is 0.412. The highest BCUT2D eigenvalue weighted by Gasteiger charge is 2.30. The second-order valence-corrected chi connectivity index (χ2v) is 8.76. The Morgan fingerprint density at radius 1 is 1.21 bits per heavy atom. The molecular formula is C17H21N5O5S. The zero-order valence-corrected chi connectivity index (χ0v) is 16.4. The lowest BCUT2D eigenvalue weighted by Crippen LogP contribution is -2.47. The average Bonchev–Trinajstić information content (AvgIpc) is 3.16. The van der Waals surface area contributed by atoms with Crippen LogP contribution in [0.15, 0.2) is 36.5 Å². The Bertz CT molecular complexity index is 978. The number of rotatable bonds is 5. The van der Waals surface area contributed by atoms with E-state index in [-0.39, 0.29) is 23.3 Å². The first kappa shape index (κ1) is 20.0. The highest BCUT2D eigenvalue weighted by atomic mass is 32.2. The van der Waals surface area contributed by atoms with E-state index in [4.69, 9.17) is 0 Å². The number of likely N-dealkylation sites (tertiary alicyclic amines) is 1. The zero-order valence-electron chi connectivity index (χ0n) is 15.6. The van der Waals surface area contributed by atoms with Gasteiger partial charge in [-0.25, -0.2) is 17.4 Å². The van der Waals surface area contributed by atoms with Crippen molar-refractivity contribution < 1.29 is 18.1 Å². The van der Waals surface area contributed by atoms with Crippen LogP contribution in [0.4, 0.5) is 5.69 Å². The van der Waals surface area contributed by atoms with Crippen LogP contribution in [0.25, 0.3) is 5.69 Å². The standard InChI is InChI=1S/C17H21N5O5S/c1-19(28(2,26)27)13-7-10-20(11-8-13)17(23)16-9-12-21(18-16)14-3-5-15(6-4-14)22(24)25/h3-6,9,12-13H,7-8,10-11H2,1-2H3. The lowest BCUT2D eigenvalue weighted by Gasteiger charge is -2.35. The molecule has 150 valence electrons. The number of carbonyl (C=O) groups is 1. The molecule has 10 nitrogen and oxygen atoms in total. The van der Waals surface area contributed by atoms with Crippen LogP contribution >= 0.6 is 0 Å². The Hall–Kier alpha value is -2.79. The van der Waals surface area contributed by atoms with Crippen LogP contribution in [-0.4, -0.2) is 70.7 Å². The molecule has 0 bridgehead atoms. The molecule has 1 aromatic heterocycles. The second-order valence-electron chi connectivity index (χ2n) is 6.72. The van der Waals surface area contributed by atoms with Gasteiger partial charge in [0.1, 0.15) is 0 Å². The summed E-state index contributed by atoms with van der Waals surface area (Å²) in [6.45, 7) is 0.904. The normalized spacial score (nSPS) is 15.8. The summed E-state index contributed by atoms with van der Waals surface area (Å²) in [7, 11) is -1.70. The molecule has 11 heteroatoms. The summed E-state index contributed by atoms with van der Waals surface area (Å²) in [6, 6.07) is 7.36. The lowest BCUT2D eigenvalue weighted by atomic mass is 10.1. The van der Waals surface area contributed by atoms with Gasteiger partial charge in [0.15, 0.2) is 5.69 Å². The molecule has 2 heterocycles. The van der Waals surface area contributed by atoms with Gasteiger partial charge < -0.3 is 4.90 Å². The highest BCUT2D eigenvalue weighted by molar-refractivity contribution is 7.88. The van der Waals surface area contributed by atoms with E-state index in [2.05, 4.69) is 5.10 Å². The van der Waals surface area contributed by atoms with Crippen molar-refractivity contribution >= 4 is 21.6 Å². The van der Waals surface area contributed by atoms with Crippen LogP contribution in [0.3, 0.4) is 0 Å². The molecule has 0 unspecified atom stereocenters. The van der Waals surface area contributed by atoms with Crippen molar-refractivity contribution in [3.8, 4) is 5.69 Å². The van der Waals surface area contributed by atoms with Gasteiger partial charge >= 0.3 is 0 Å². The van der Waals surface area contributed by atoms with Gasteiger partial charge in [-0.1, -0.05) is 0 Å². The van der Waals surface area contributed by atoms with Gasteiger partial charge in [0.05, 0.1) is 16.9 Å². The Labute approximate surface area is 162 Å². The first-order chi connectivity index (χ1) is 13.2. The molecule has 0 spiro atoms. The van der Waals surface area contributed by atoms with Crippen LogP contribution < -0.4 is 0 Å². The summed E-state index contributed by atoms with van der Waals surface area (Å²) in [5.74, 6) is -0.221. The summed E-state index contributed by atoms with van der Waals surface area (Å²) in [5.41, 5.74) is 0.862. The number of amides is 1. The predicted molar refractivity (Wildman–Crippen MR) is 102 cm³/mol. The minimum atomic E-state index is -3.26. The molecular weight excluding hydrogens is 386 g/mol. The summed E-state index contributed by atoms with van der Waals surface area (Å²) in [4.78, 5) is 24.6. The molecule has 1 aromatic carbocycles. The van der Waals surface area contributed by atoms with Crippen molar-refractivity contribution in [2.45, 2.75) is 18.9 Å². The predicted octanol–water partition coefficient (Wildman–Crippen LogP) is 1.28. The maximum absolute atomic E-state index is 12.7. The number of nitrogens with zero attached hydrogens (tertiary/aromatic N) is 5. The first-order valence-corrected chi connectivity index (χ1v) is 10.5. The molecule has 2 aromatic rings. The molecule has 1 saturated heterocycles. The molecule has 0 saturated carbocycles. The molecule has 0 aliphatic carbocycles. The van der Waals surface area contributed by atoms with Gasteiger partial charge in [0.25, 0.3) is 11.6 Å². The third-order valence-electron chi connectivity index (χ3n) is 4.92. The third-order valence-corrected chi connectivity index (χ3v) is 6.27. The van der Waals surface area contributed by atoms with Gasteiger partial charge in [-0.3, -0.25) is 14.9 Å². The third kappa shape index (κ3) is 4.20.